The van der Waals surface area contributed by atoms with E-state index in [4.69, 9.17) is 10.5 Å². The fourth-order valence-electron chi connectivity index (χ4n) is 3.49. The van der Waals surface area contributed by atoms with Crippen LogP contribution in [0.5, 0.6) is 0 Å². The minimum Gasteiger partial charge on any atom is -0.368 e. The summed E-state index contributed by atoms with van der Waals surface area (Å²) in [6.07, 6.45) is 9.54. The van der Waals surface area contributed by atoms with Crippen molar-refractivity contribution >= 4 is 5.91 Å². The van der Waals surface area contributed by atoms with E-state index < -0.39 is 0 Å². The van der Waals surface area contributed by atoms with Crippen molar-refractivity contribution in [2.45, 2.75) is 57.2 Å². The van der Waals surface area contributed by atoms with Crippen molar-refractivity contribution in [3.05, 3.63) is 12.7 Å². The first-order chi connectivity index (χ1) is 11.2. The maximum atomic E-state index is 12.3. The third-order valence-corrected chi connectivity index (χ3v) is 5.04. The van der Waals surface area contributed by atoms with E-state index in [2.05, 4.69) is 10.1 Å². The van der Waals surface area contributed by atoms with Gasteiger partial charge in [0.15, 0.2) is 0 Å². The van der Waals surface area contributed by atoms with Gasteiger partial charge in [-0.1, -0.05) is 0 Å². The van der Waals surface area contributed by atoms with E-state index >= 15 is 0 Å². The van der Waals surface area contributed by atoms with Crippen LogP contribution in [0.15, 0.2) is 12.7 Å². The number of nitrogens with two attached hydrogens (primary N) is 1. The second-order valence-corrected chi connectivity index (χ2v) is 6.79. The van der Waals surface area contributed by atoms with Crippen LogP contribution in [-0.2, 0) is 16.1 Å². The molecule has 1 saturated carbocycles. The molecule has 1 aliphatic carbocycles. The predicted molar refractivity (Wildman–Crippen MR) is 85.5 cm³/mol. The van der Waals surface area contributed by atoms with Gasteiger partial charge in [0.05, 0.1) is 6.10 Å². The van der Waals surface area contributed by atoms with Crippen LogP contribution in [0.2, 0.25) is 0 Å². The Labute approximate surface area is 137 Å². The summed E-state index contributed by atoms with van der Waals surface area (Å²) in [6.45, 7) is 2.74. The second-order valence-electron chi connectivity index (χ2n) is 6.79. The number of carbonyl (C=O) groups excluding carboxylic acids is 1. The first-order valence-corrected chi connectivity index (χ1v) is 8.68. The van der Waals surface area contributed by atoms with E-state index in [0.29, 0.717) is 12.0 Å². The first kappa shape index (κ1) is 16.4. The summed E-state index contributed by atoms with van der Waals surface area (Å²) >= 11 is 0. The van der Waals surface area contributed by atoms with Crippen molar-refractivity contribution in [2.75, 3.05) is 19.7 Å². The highest BCUT2D eigenvalue weighted by Crippen LogP contribution is 2.21. The number of amides is 1. The van der Waals surface area contributed by atoms with Gasteiger partial charge in [-0.3, -0.25) is 9.48 Å². The SMILES string of the molecule is NC1CCC(OCC(=O)N2CCC(Cn3cncn3)CC2)CC1. The molecule has 0 aromatic carbocycles. The third-order valence-electron chi connectivity index (χ3n) is 5.04. The average molecular weight is 321 g/mol. The van der Waals surface area contributed by atoms with Crippen molar-refractivity contribution in [2.24, 2.45) is 11.7 Å². The zero-order chi connectivity index (χ0) is 16.1. The smallest absolute Gasteiger partial charge is 0.248 e. The summed E-state index contributed by atoms with van der Waals surface area (Å²) in [5.41, 5.74) is 5.89. The molecular formula is C16H27N5O2. The fraction of sp³-hybridized carbons (Fsp3) is 0.812. The first-order valence-electron chi connectivity index (χ1n) is 8.68. The molecule has 0 unspecified atom stereocenters. The van der Waals surface area contributed by atoms with Gasteiger partial charge in [0.2, 0.25) is 5.91 Å². The Kier molecular flexibility index (Phi) is 5.61. The maximum Gasteiger partial charge on any atom is 0.248 e. The van der Waals surface area contributed by atoms with Crippen LogP contribution >= 0.6 is 0 Å². The quantitative estimate of drug-likeness (QED) is 0.867. The highest BCUT2D eigenvalue weighted by atomic mass is 16.5. The van der Waals surface area contributed by atoms with Crippen LogP contribution in [0.3, 0.4) is 0 Å². The monoisotopic (exact) mass is 321 g/mol. The maximum absolute atomic E-state index is 12.3. The highest BCUT2D eigenvalue weighted by Gasteiger charge is 2.25. The van der Waals surface area contributed by atoms with Crippen molar-refractivity contribution < 1.29 is 9.53 Å². The zero-order valence-electron chi connectivity index (χ0n) is 13.6. The van der Waals surface area contributed by atoms with Gasteiger partial charge in [0.1, 0.15) is 19.3 Å². The predicted octanol–water partition coefficient (Wildman–Crippen LogP) is 0.803. The van der Waals surface area contributed by atoms with Crippen LogP contribution in [0.25, 0.3) is 0 Å². The van der Waals surface area contributed by atoms with E-state index in [0.717, 1.165) is 58.2 Å². The molecule has 7 heteroatoms. The Morgan fingerprint density at radius 1 is 1.17 bits per heavy atom. The molecule has 1 amide bonds. The lowest BCUT2D eigenvalue weighted by molar-refractivity contribution is -0.140. The largest absolute Gasteiger partial charge is 0.368 e. The van der Waals surface area contributed by atoms with Crippen molar-refractivity contribution in [1.82, 2.24) is 19.7 Å². The lowest BCUT2D eigenvalue weighted by Gasteiger charge is -2.32. The minimum atomic E-state index is 0.124. The number of likely N-dealkylation sites (tertiary alicyclic amines) is 1. The second kappa shape index (κ2) is 7.88. The Morgan fingerprint density at radius 2 is 1.91 bits per heavy atom. The number of aromatic nitrogens is 3. The lowest BCUT2D eigenvalue weighted by atomic mass is 9.94. The molecule has 2 aliphatic rings. The minimum absolute atomic E-state index is 0.124. The van der Waals surface area contributed by atoms with Crippen LogP contribution < -0.4 is 5.73 Å². The van der Waals surface area contributed by atoms with Gasteiger partial charge in [0.25, 0.3) is 0 Å². The Balaban J connectivity index is 1.35. The third kappa shape index (κ3) is 4.75. The molecule has 2 N–H and O–H groups in total. The molecule has 1 aromatic heterocycles. The molecule has 0 bridgehead atoms. The van der Waals surface area contributed by atoms with Gasteiger partial charge in [0, 0.05) is 25.7 Å². The Bertz CT molecular complexity index is 477. The molecule has 0 radical (unpaired) electrons. The van der Waals surface area contributed by atoms with Crippen LogP contribution in [0.4, 0.5) is 0 Å². The van der Waals surface area contributed by atoms with Crippen LogP contribution in [0.1, 0.15) is 38.5 Å². The normalized spacial score (nSPS) is 26.4. The number of hydrogen-bond acceptors (Lipinski definition) is 5. The molecule has 2 heterocycles. The molecule has 7 nitrogen and oxygen atoms in total. The molecule has 0 spiro atoms. The molecule has 0 atom stereocenters. The van der Waals surface area contributed by atoms with Gasteiger partial charge in [-0.2, -0.15) is 5.10 Å². The summed E-state index contributed by atoms with van der Waals surface area (Å²) in [5, 5.41) is 4.15. The molecule has 2 fully saturated rings. The fourth-order valence-corrected chi connectivity index (χ4v) is 3.49. The van der Waals surface area contributed by atoms with Crippen molar-refractivity contribution in [1.29, 1.82) is 0 Å². The number of hydrogen-bond donors (Lipinski definition) is 1. The van der Waals surface area contributed by atoms with Crippen LogP contribution in [-0.4, -0.2) is 57.4 Å². The van der Waals surface area contributed by atoms with Gasteiger partial charge >= 0.3 is 0 Å². The number of carbonyl (C=O) groups is 1. The summed E-state index contributed by atoms with van der Waals surface area (Å²) in [4.78, 5) is 18.2. The molecule has 23 heavy (non-hydrogen) atoms. The summed E-state index contributed by atoms with van der Waals surface area (Å²) in [7, 11) is 0. The average Bonchev–Trinajstić information content (AvgIpc) is 3.08. The molecular weight excluding hydrogens is 294 g/mol. The van der Waals surface area contributed by atoms with Crippen LogP contribution in [0, 0.1) is 5.92 Å². The molecule has 3 rings (SSSR count). The molecule has 1 saturated heterocycles. The van der Waals surface area contributed by atoms with Crippen molar-refractivity contribution in [3.8, 4) is 0 Å². The Morgan fingerprint density at radius 3 is 2.57 bits per heavy atom. The lowest BCUT2D eigenvalue weighted by Crippen LogP contribution is -2.42. The van der Waals surface area contributed by atoms with E-state index in [1.54, 1.807) is 12.7 Å². The summed E-state index contributed by atoms with van der Waals surface area (Å²) in [5.74, 6) is 0.695. The topological polar surface area (TPSA) is 86.3 Å². The van der Waals surface area contributed by atoms with E-state index in [1.807, 2.05) is 9.58 Å². The number of nitrogens with zero attached hydrogens (tertiary/aromatic N) is 4. The van der Waals surface area contributed by atoms with E-state index in [9.17, 15) is 4.79 Å². The molecule has 1 aromatic rings. The number of ether oxygens (including phenoxy) is 1. The van der Waals surface area contributed by atoms with E-state index in [-0.39, 0.29) is 18.6 Å². The number of piperidine rings is 1. The van der Waals surface area contributed by atoms with Gasteiger partial charge in [-0.05, 0) is 44.4 Å². The number of rotatable bonds is 5. The summed E-state index contributed by atoms with van der Waals surface area (Å²) < 4.78 is 7.66. The summed E-state index contributed by atoms with van der Waals surface area (Å²) in [6, 6.07) is 0.314. The molecule has 128 valence electrons. The Hall–Kier alpha value is -1.47. The zero-order valence-corrected chi connectivity index (χ0v) is 13.6. The standard InChI is InChI=1S/C16H27N5O2/c17-14-1-3-15(4-2-14)23-10-16(22)20-7-5-13(6-8-20)9-21-12-18-11-19-21/h11-15H,1-10,17H2. The van der Waals surface area contributed by atoms with Gasteiger partial charge in [-0.25, -0.2) is 4.98 Å². The van der Waals surface area contributed by atoms with Gasteiger partial charge < -0.3 is 15.4 Å². The van der Waals surface area contributed by atoms with E-state index in [1.165, 1.54) is 0 Å². The highest BCUT2D eigenvalue weighted by molar-refractivity contribution is 5.77. The van der Waals surface area contributed by atoms with Gasteiger partial charge in [-0.15, -0.1) is 0 Å². The molecule has 1 aliphatic heterocycles. The van der Waals surface area contributed by atoms with Crippen molar-refractivity contribution in [3.63, 3.8) is 0 Å².